The summed E-state index contributed by atoms with van der Waals surface area (Å²) in [4.78, 5) is 28.9. The van der Waals surface area contributed by atoms with E-state index in [4.69, 9.17) is 4.74 Å². The van der Waals surface area contributed by atoms with E-state index in [1.54, 1.807) is 4.90 Å². The van der Waals surface area contributed by atoms with Gasteiger partial charge in [0.15, 0.2) is 0 Å². The van der Waals surface area contributed by atoms with Gasteiger partial charge in [-0.1, -0.05) is 91.0 Å². The van der Waals surface area contributed by atoms with Crippen LogP contribution in [0.2, 0.25) is 0 Å². The van der Waals surface area contributed by atoms with Crippen LogP contribution in [0.15, 0.2) is 91.0 Å². The molecule has 1 saturated heterocycles. The smallest absolute Gasteiger partial charge is 0.329 e. The number of ether oxygens (including phenoxy) is 1. The number of nitrogens with zero attached hydrogens (tertiary/aromatic N) is 1. The Morgan fingerprint density at radius 3 is 1.69 bits per heavy atom. The zero-order valence-corrected chi connectivity index (χ0v) is 21.7. The molecule has 0 aromatic heterocycles. The van der Waals surface area contributed by atoms with Crippen LogP contribution in [-0.4, -0.2) is 40.8 Å². The van der Waals surface area contributed by atoms with E-state index in [9.17, 15) is 9.59 Å². The number of carbonyl (C=O) groups excluding carboxylic acids is 2. The van der Waals surface area contributed by atoms with Crippen LogP contribution in [0.1, 0.15) is 40.0 Å². The quantitative estimate of drug-likeness (QED) is 0.393. The molecule has 1 amide bonds. The van der Waals surface area contributed by atoms with Gasteiger partial charge in [-0.15, -0.1) is 0 Å². The molecule has 1 heterocycles. The molecule has 0 unspecified atom stereocenters. The van der Waals surface area contributed by atoms with E-state index in [1.807, 2.05) is 81.2 Å². The van der Waals surface area contributed by atoms with Crippen LogP contribution in [0.5, 0.6) is 0 Å². The summed E-state index contributed by atoms with van der Waals surface area (Å²) in [5.41, 5.74) is -0.595. The van der Waals surface area contributed by atoms with E-state index in [1.165, 1.54) is 0 Å². The Labute approximate surface area is 208 Å². The zero-order valence-electron chi connectivity index (χ0n) is 20.8. The fraction of sp³-hybridized carbons (Fsp3) is 0.300. The first-order valence-corrected chi connectivity index (χ1v) is 14.1. The van der Waals surface area contributed by atoms with Crippen molar-refractivity contribution in [3.63, 3.8) is 0 Å². The van der Waals surface area contributed by atoms with Crippen LogP contribution < -0.4 is 15.9 Å². The number of rotatable bonds is 5. The van der Waals surface area contributed by atoms with Crippen LogP contribution in [0, 0.1) is 0 Å². The molecule has 1 fully saturated rings. The third-order valence-electron chi connectivity index (χ3n) is 6.26. The maximum atomic E-state index is 14.1. The molecular weight excluding hydrogens is 453 g/mol. The van der Waals surface area contributed by atoms with E-state index in [0.29, 0.717) is 13.0 Å². The van der Waals surface area contributed by atoms with Gasteiger partial charge in [0.2, 0.25) is 5.91 Å². The number of hydrogen-bond acceptors (Lipinski definition) is 3. The maximum absolute atomic E-state index is 14.1. The van der Waals surface area contributed by atoms with Gasteiger partial charge in [0, 0.05) is 12.3 Å². The van der Waals surface area contributed by atoms with Gasteiger partial charge in [0.1, 0.15) is 11.6 Å². The summed E-state index contributed by atoms with van der Waals surface area (Å²) in [6.45, 7) is 3.70. The number of piperidine rings is 1. The van der Waals surface area contributed by atoms with Crippen LogP contribution in [0.3, 0.4) is 0 Å². The molecule has 1 aliphatic rings. The van der Waals surface area contributed by atoms with Crippen molar-refractivity contribution < 1.29 is 14.3 Å². The summed E-state index contributed by atoms with van der Waals surface area (Å²) in [5, 5.41) is 3.32. The normalized spacial score (nSPS) is 16.4. The Balaban J connectivity index is 1.89. The highest BCUT2D eigenvalue weighted by atomic mass is 31.2. The molecule has 3 aromatic carbocycles. The van der Waals surface area contributed by atoms with Crippen LogP contribution in [0.25, 0.3) is 0 Å². The largest absolute Gasteiger partial charge is 0.458 e. The van der Waals surface area contributed by atoms with Crippen molar-refractivity contribution in [2.75, 3.05) is 6.54 Å². The first kappa shape index (κ1) is 25.0. The van der Waals surface area contributed by atoms with Crippen molar-refractivity contribution in [1.29, 1.82) is 0 Å². The standard InChI is InChI=1S/C30H34NO3P/c1-30(2,3)34-29(33)27-21-13-14-22-31(27)28(32)23-35(24-15-7-4-8-16-24,25-17-9-5-10-18-25)26-19-11-6-12-20-26/h4-12,15-20,23,27H,13-14,21-22H2,1-3H3/t27-/m0/s1. The van der Waals surface area contributed by atoms with E-state index < -0.39 is 18.5 Å². The molecule has 5 heteroatoms. The summed E-state index contributed by atoms with van der Waals surface area (Å²) in [6.07, 6.45) is 2.41. The van der Waals surface area contributed by atoms with Gasteiger partial charge in [-0.05, 0) is 62.8 Å². The molecule has 1 atom stereocenters. The van der Waals surface area contributed by atoms with Crippen LogP contribution in [-0.2, 0) is 14.3 Å². The lowest BCUT2D eigenvalue weighted by Gasteiger charge is -2.36. The van der Waals surface area contributed by atoms with E-state index >= 15 is 0 Å². The molecule has 0 aliphatic carbocycles. The Hall–Kier alpha value is -3.10. The van der Waals surface area contributed by atoms with Crippen molar-refractivity contribution in [2.24, 2.45) is 0 Å². The van der Waals surface area contributed by atoms with Gasteiger partial charge < -0.3 is 9.64 Å². The summed E-state index contributed by atoms with van der Waals surface area (Å²) < 4.78 is 5.70. The second kappa shape index (κ2) is 10.7. The van der Waals surface area contributed by atoms with Gasteiger partial charge in [-0.25, -0.2) is 4.79 Å². The fourth-order valence-corrected chi connectivity index (χ4v) is 8.46. The van der Waals surface area contributed by atoms with E-state index in [-0.39, 0.29) is 11.9 Å². The highest BCUT2D eigenvalue weighted by molar-refractivity contribution is 7.95. The van der Waals surface area contributed by atoms with Gasteiger partial charge in [0.05, 0.1) is 0 Å². The lowest BCUT2D eigenvalue weighted by Crippen LogP contribution is -2.50. The molecule has 4 rings (SSSR count). The summed E-state index contributed by atoms with van der Waals surface area (Å²) >= 11 is 0. The van der Waals surface area contributed by atoms with Gasteiger partial charge in [-0.3, -0.25) is 4.79 Å². The monoisotopic (exact) mass is 487 g/mol. The SMILES string of the molecule is CC(C)(C)OC(=O)[C@@H]1CCCCN1C(=O)C=P(c1ccccc1)(c1ccccc1)c1ccccc1. The number of amides is 1. The van der Waals surface area contributed by atoms with Crippen molar-refractivity contribution >= 4 is 40.5 Å². The number of hydrogen-bond donors (Lipinski definition) is 0. The Morgan fingerprint density at radius 2 is 1.26 bits per heavy atom. The molecule has 182 valence electrons. The molecule has 0 radical (unpaired) electrons. The van der Waals surface area contributed by atoms with Gasteiger partial charge in [0.25, 0.3) is 0 Å². The maximum Gasteiger partial charge on any atom is 0.329 e. The molecular formula is C30H34NO3P. The predicted molar refractivity (Wildman–Crippen MR) is 146 cm³/mol. The number of likely N-dealkylation sites (tertiary alicyclic amines) is 1. The number of esters is 1. The Morgan fingerprint density at radius 1 is 0.800 bits per heavy atom. The first-order valence-electron chi connectivity index (χ1n) is 12.3. The average molecular weight is 488 g/mol. The van der Waals surface area contributed by atoms with E-state index in [2.05, 4.69) is 36.4 Å². The van der Waals surface area contributed by atoms with Gasteiger partial charge >= 0.3 is 5.97 Å². The van der Waals surface area contributed by atoms with E-state index in [0.717, 1.165) is 28.8 Å². The Bertz CT molecular complexity index is 1100. The molecule has 1 aliphatic heterocycles. The number of benzene rings is 3. The molecule has 3 aromatic rings. The highest BCUT2D eigenvalue weighted by Crippen LogP contribution is 2.43. The molecule has 0 spiro atoms. The summed E-state index contributed by atoms with van der Waals surface area (Å²) in [5.74, 6) is 1.49. The van der Waals surface area contributed by atoms with Crippen LogP contribution in [0.4, 0.5) is 0 Å². The molecule has 0 saturated carbocycles. The molecule has 0 N–H and O–H groups in total. The van der Waals surface area contributed by atoms with Crippen molar-refractivity contribution in [3.8, 4) is 0 Å². The van der Waals surface area contributed by atoms with Gasteiger partial charge in [-0.2, -0.15) is 0 Å². The first-order chi connectivity index (χ1) is 16.8. The minimum absolute atomic E-state index is 0.106. The minimum Gasteiger partial charge on any atom is -0.458 e. The number of carbonyl (C=O) groups is 2. The zero-order chi connectivity index (χ0) is 24.9. The lowest BCUT2D eigenvalue weighted by atomic mass is 10.0. The second-order valence-corrected chi connectivity index (χ2v) is 13.2. The van der Waals surface area contributed by atoms with Crippen molar-refractivity contribution in [2.45, 2.75) is 51.7 Å². The molecule has 35 heavy (non-hydrogen) atoms. The third-order valence-corrected chi connectivity index (χ3v) is 10.2. The third kappa shape index (κ3) is 5.60. The second-order valence-electron chi connectivity index (χ2n) is 9.94. The average Bonchev–Trinajstić information content (AvgIpc) is 2.88. The minimum atomic E-state index is -2.44. The van der Waals surface area contributed by atoms with Crippen molar-refractivity contribution in [1.82, 2.24) is 4.90 Å². The lowest BCUT2D eigenvalue weighted by molar-refractivity contribution is -0.165. The topological polar surface area (TPSA) is 46.6 Å². The highest BCUT2D eigenvalue weighted by Gasteiger charge is 2.36. The predicted octanol–water partition coefficient (Wildman–Crippen LogP) is 4.51. The van der Waals surface area contributed by atoms with Crippen molar-refractivity contribution in [3.05, 3.63) is 91.0 Å². The fourth-order valence-electron chi connectivity index (χ4n) is 4.71. The summed E-state index contributed by atoms with van der Waals surface area (Å²) in [6, 6.07) is 30.3. The molecule has 4 nitrogen and oxygen atoms in total. The van der Waals surface area contributed by atoms with Crippen LogP contribution >= 0.6 is 6.89 Å². The Kier molecular flexibility index (Phi) is 7.62. The molecule has 0 bridgehead atoms. The summed E-state index contributed by atoms with van der Waals surface area (Å²) in [7, 11) is 0.